The molecule has 6 aromatic rings. The first kappa shape index (κ1) is 23.1. The summed E-state index contributed by atoms with van der Waals surface area (Å²) in [6.07, 6.45) is 6.92. The summed E-state index contributed by atoms with van der Waals surface area (Å²) in [5.74, 6) is 0. The highest BCUT2D eigenvalue weighted by molar-refractivity contribution is 6.13. The van der Waals surface area contributed by atoms with Crippen molar-refractivity contribution in [1.82, 2.24) is 0 Å². The average Bonchev–Trinajstić information content (AvgIpc) is 3.35. The van der Waals surface area contributed by atoms with Crippen molar-refractivity contribution in [3.8, 4) is 22.3 Å². The lowest BCUT2D eigenvalue weighted by molar-refractivity contribution is 0.792. The Labute approximate surface area is 235 Å². The molecule has 1 aliphatic heterocycles. The van der Waals surface area contributed by atoms with Crippen LogP contribution in [0.3, 0.4) is 0 Å². The molecule has 2 nitrogen and oxygen atoms in total. The molecule has 6 aromatic carbocycles. The second-order valence-corrected chi connectivity index (χ2v) is 11.1. The molecule has 2 aliphatic rings. The molecule has 192 valence electrons. The van der Waals surface area contributed by atoms with Crippen molar-refractivity contribution in [2.24, 2.45) is 0 Å². The van der Waals surface area contributed by atoms with Crippen LogP contribution in [0, 0.1) is 0 Å². The van der Waals surface area contributed by atoms with Crippen LogP contribution < -0.4 is 10.2 Å². The second-order valence-electron chi connectivity index (χ2n) is 11.1. The van der Waals surface area contributed by atoms with E-state index in [4.69, 9.17) is 0 Å². The van der Waals surface area contributed by atoms with Gasteiger partial charge in [0, 0.05) is 7.05 Å². The lowest BCUT2D eigenvalue weighted by Crippen LogP contribution is -2.23. The van der Waals surface area contributed by atoms with Crippen LogP contribution in [0.4, 0.5) is 11.4 Å². The first-order valence-electron chi connectivity index (χ1n) is 14.2. The molecule has 1 atom stereocenters. The van der Waals surface area contributed by atoms with Crippen molar-refractivity contribution in [2.75, 3.05) is 17.3 Å². The summed E-state index contributed by atoms with van der Waals surface area (Å²) in [4.78, 5) is 2.31. The topological polar surface area (TPSA) is 15.3 Å². The van der Waals surface area contributed by atoms with Gasteiger partial charge in [0.15, 0.2) is 0 Å². The molecule has 1 heterocycles. The number of fused-ring (bicyclic) bond motifs is 4. The summed E-state index contributed by atoms with van der Waals surface area (Å²) < 4.78 is 0. The summed E-state index contributed by atoms with van der Waals surface area (Å²) in [5.41, 5.74) is 11.6. The largest absolute Gasteiger partial charge is 0.360 e. The number of benzene rings is 6. The van der Waals surface area contributed by atoms with E-state index in [-0.39, 0.29) is 6.17 Å². The van der Waals surface area contributed by atoms with Gasteiger partial charge in [-0.05, 0) is 97.6 Å². The van der Waals surface area contributed by atoms with Crippen LogP contribution in [-0.2, 0) is 6.42 Å². The van der Waals surface area contributed by atoms with Gasteiger partial charge in [-0.25, -0.2) is 0 Å². The Morgan fingerprint density at radius 2 is 1.45 bits per heavy atom. The first-order valence-corrected chi connectivity index (χ1v) is 14.2. The maximum atomic E-state index is 3.66. The molecule has 2 heteroatoms. The molecule has 40 heavy (non-hydrogen) atoms. The molecule has 1 aliphatic carbocycles. The summed E-state index contributed by atoms with van der Waals surface area (Å²) in [6, 6.07) is 42.7. The maximum absolute atomic E-state index is 3.66. The van der Waals surface area contributed by atoms with Gasteiger partial charge >= 0.3 is 0 Å². The number of nitrogens with one attached hydrogen (secondary N) is 1. The maximum Gasteiger partial charge on any atom is 0.125 e. The molecule has 0 saturated heterocycles. The van der Waals surface area contributed by atoms with E-state index in [0.717, 1.165) is 12.8 Å². The molecular weight excluding hydrogens is 484 g/mol. The minimum atomic E-state index is 0.143. The zero-order valence-electron chi connectivity index (χ0n) is 22.6. The fraction of sp³-hybridized carbons (Fsp3) is 0.105. The van der Waals surface area contributed by atoms with E-state index >= 15 is 0 Å². The van der Waals surface area contributed by atoms with Gasteiger partial charge in [-0.3, -0.25) is 0 Å². The zero-order valence-corrected chi connectivity index (χ0v) is 22.6. The molecule has 1 N–H and O–H groups in total. The molecule has 0 saturated carbocycles. The van der Waals surface area contributed by atoms with Crippen LogP contribution in [0.5, 0.6) is 0 Å². The predicted octanol–water partition coefficient (Wildman–Crippen LogP) is 9.85. The van der Waals surface area contributed by atoms with Gasteiger partial charge in [0.25, 0.3) is 0 Å². The standard InChI is InChI=1S/C38H30N2/c1-40-36-13-7-6-12-35(36)39-38(40)27-17-14-26(15-18-27)29-20-21-34-32(23-29)24-30-10-4-5-11-33(30)37(34)31-19-16-25-8-2-3-9-28(25)22-31/h2,4-8,10-24,38-39H,3,9H2,1H3. The number of anilines is 2. The number of nitrogens with zero attached hydrogens (tertiary/aromatic N) is 1. The fourth-order valence-corrected chi connectivity index (χ4v) is 6.60. The summed E-state index contributed by atoms with van der Waals surface area (Å²) in [5, 5.41) is 8.84. The molecular formula is C38H30N2. The van der Waals surface area contributed by atoms with E-state index in [0.29, 0.717) is 0 Å². The van der Waals surface area contributed by atoms with Gasteiger partial charge in [-0.15, -0.1) is 0 Å². The minimum Gasteiger partial charge on any atom is -0.360 e. The molecule has 0 spiro atoms. The van der Waals surface area contributed by atoms with Crippen LogP contribution in [0.2, 0.25) is 0 Å². The minimum absolute atomic E-state index is 0.143. The Hall–Kier alpha value is -4.82. The lowest BCUT2D eigenvalue weighted by atomic mass is 9.87. The lowest BCUT2D eigenvalue weighted by Gasteiger charge is -2.22. The fourth-order valence-electron chi connectivity index (χ4n) is 6.60. The molecule has 0 aromatic heterocycles. The van der Waals surface area contributed by atoms with E-state index < -0.39 is 0 Å². The van der Waals surface area contributed by atoms with Crippen molar-refractivity contribution in [3.63, 3.8) is 0 Å². The summed E-state index contributed by atoms with van der Waals surface area (Å²) in [7, 11) is 2.15. The van der Waals surface area contributed by atoms with Gasteiger partial charge in [-0.2, -0.15) is 0 Å². The Kier molecular flexibility index (Phi) is 5.28. The highest BCUT2D eigenvalue weighted by atomic mass is 15.3. The van der Waals surface area contributed by atoms with E-state index in [2.05, 4.69) is 145 Å². The predicted molar refractivity (Wildman–Crippen MR) is 171 cm³/mol. The quantitative estimate of drug-likeness (QED) is 0.236. The molecule has 0 bridgehead atoms. The first-order chi connectivity index (χ1) is 19.7. The van der Waals surface area contributed by atoms with Gasteiger partial charge in [0.2, 0.25) is 0 Å². The van der Waals surface area contributed by atoms with E-state index in [9.17, 15) is 0 Å². The van der Waals surface area contributed by atoms with Crippen molar-refractivity contribution in [1.29, 1.82) is 0 Å². The Balaban J connectivity index is 1.20. The average molecular weight is 515 g/mol. The third-order valence-electron chi connectivity index (χ3n) is 8.69. The SMILES string of the molecule is CN1c2ccccc2NC1c1ccc(-c2ccc3c(-c4ccc5c(c4)CCC=C5)c4ccccc4cc3c2)cc1. The summed E-state index contributed by atoms with van der Waals surface area (Å²) in [6.45, 7) is 0. The van der Waals surface area contributed by atoms with Crippen molar-refractivity contribution in [2.45, 2.75) is 19.0 Å². The highest BCUT2D eigenvalue weighted by Gasteiger charge is 2.26. The molecule has 8 rings (SSSR count). The number of rotatable bonds is 3. The normalized spacial score (nSPS) is 15.7. The number of aryl methyl sites for hydroxylation is 1. The van der Waals surface area contributed by atoms with Gasteiger partial charge in [0.05, 0.1) is 11.4 Å². The van der Waals surface area contributed by atoms with Crippen LogP contribution in [0.15, 0.2) is 121 Å². The number of allylic oxidation sites excluding steroid dienone is 1. The Bertz CT molecular complexity index is 1950. The van der Waals surface area contributed by atoms with Crippen molar-refractivity contribution in [3.05, 3.63) is 138 Å². The number of hydrogen-bond acceptors (Lipinski definition) is 2. The van der Waals surface area contributed by atoms with Crippen LogP contribution in [0.25, 0.3) is 49.9 Å². The molecule has 0 radical (unpaired) electrons. The van der Waals surface area contributed by atoms with Crippen LogP contribution in [-0.4, -0.2) is 7.05 Å². The second kappa shape index (κ2) is 9.14. The highest BCUT2D eigenvalue weighted by Crippen LogP contribution is 2.41. The van der Waals surface area contributed by atoms with Gasteiger partial charge in [0.1, 0.15) is 6.17 Å². The van der Waals surface area contributed by atoms with Gasteiger partial charge < -0.3 is 10.2 Å². The monoisotopic (exact) mass is 514 g/mol. The third-order valence-corrected chi connectivity index (χ3v) is 8.69. The van der Waals surface area contributed by atoms with Crippen LogP contribution >= 0.6 is 0 Å². The Morgan fingerprint density at radius 3 is 2.35 bits per heavy atom. The Morgan fingerprint density at radius 1 is 0.675 bits per heavy atom. The molecule has 0 fully saturated rings. The van der Waals surface area contributed by atoms with E-state index in [1.54, 1.807) is 0 Å². The van der Waals surface area contributed by atoms with Crippen LogP contribution in [0.1, 0.15) is 29.3 Å². The molecule has 0 amide bonds. The smallest absolute Gasteiger partial charge is 0.125 e. The zero-order chi connectivity index (χ0) is 26.6. The van der Waals surface area contributed by atoms with E-state index in [1.807, 2.05) is 0 Å². The van der Waals surface area contributed by atoms with Crippen molar-refractivity contribution < 1.29 is 0 Å². The van der Waals surface area contributed by atoms with E-state index in [1.165, 1.54) is 71.9 Å². The number of para-hydroxylation sites is 2. The third kappa shape index (κ3) is 3.71. The molecule has 1 unspecified atom stereocenters. The number of hydrogen-bond donors (Lipinski definition) is 1. The van der Waals surface area contributed by atoms with Gasteiger partial charge in [-0.1, -0.05) is 103 Å². The van der Waals surface area contributed by atoms with Crippen molar-refractivity contribution >= 4 is 39.0 Å². The summed E-state index contributed by atoms with van der Waals surface area (Å²) >= 11 is 0.